The molecule has 1 radical (unpaired) electrons. The Morgan fingerprint density at radius 1 is 0.966 bits per heavy atom. The fourth-order valence-corrected chi connectivity index (χ4v) is 3.92. The lowest BCUT2D eigenvalue weighted by atomic mass is 9.94. The highest BCUT2D eigenvalue weighted by Gasteiger charge is 2.51. The van der Waals surface area contributed by atoms with Gasteiger partial charge in [0.2, 0.25) is 12.7 Å². The third kappa shape index (κ3) is 2.99. The summed E-state index contributed by atoms with van der Waals surface area (Å²) in [5.74, 6) is 1.42. The first-order valence-electron chi connectivity index (χ1n) is 9.70. The molecule has 29 heavy (non-hydrogen) atoms. The van der Waals surface area contributed by atoms with E-state index in [2.05, 4.69) is 5.32 Å². The van der Waals surface area contributed by atoms with Crippen molar-refractivity contribution in [1.29, 1.82) is 0 Å². The molecule has 145 valence electrons. The predicted octanol–water partition coefficient (Wildman–Crippen LogP) is 4.98. The molecule has 1 fully saturated rings. The zero-order chi connectivity index (χ0) is 20.0. The fraction of sp³-hybridized carbons (Fsp3) is 0.208. The third-order valence-corrected chi connectivity index (χ3v) is 5.82. The number of carbonyl (C=O) groups is 1. The minimum atomic E-state index is -0.515. The van der Waals surface area contributed by atoms with Gasteiger partial charge < -0.3 is 20.5 Å². The van der Waals surface area contributed by atoms with Crippen LogP contribution in [0.1, 0.15) is 24.0 Å². The number of ether oxygens (including phenoxy) is 2. The van der Waals surface area contributed by atoms with Crippen LogP contribution in [0.25, 0.3) is 11.1 Å². The van der Waals surface area contributed by atoms with Crippen LogP contribution in [0.2, 0.25) is 0 Å². The van der Waals surface area contributed by atoms with E-state index in [0.717, 1.165) is 46.5 Å². The van der Waals surface area contributed by atoms with Crippen molar-refractivity contribution in [2.24, 2.45) is 0 Å². The highest BCUT2D eigenvalue weighted by atomic mass is 16.7. The molecule has 0 spiro atoms. The average molecular weight is 385 g/mol. The van der Waals surface area contributed by atoms with Crippen LogP contribution in [0, 0.1) is 6.92 Å². The number of amides is 1. The molecule has 5 rings (SSSR count). The van der Waals surface area contributed by atoms with Gasteiger partial charge in [0, 0.05) is 11.3 Å². The molecule has 1 amide bonds. The molecule has 1 heterocycles. The molecule has 2 aliphatic rings. The van der Waals surface area contributed by atoms with Gasteiger partial charge >= 0.3 is 0 Å². The van der Waals surface area contributed by atoms with Crippen LogP contribution in [0.3, 0.4) is 0 Å². The van der Waals surface area contributed by atoms with E-state index < -0.39 is 5.41 Å². The van der Waals surface area contributed by atoms with Gasteiger partial charge in [-0.25, -0.2) is 0 Å². The third-order valence-electron chi connectivity index (χ3n) is 5.82. The molecule has 5 heteroatoms. The molecule has 0 aromatic heterocycles. The summed E-state index contributed by atoms with van der Waals surface area (Å²) in [5, 5.41) is 3.10. The molecule has 0 saturated heterocycles. The van der Waals surface area contributed by atoms with Crippen LogP contribution < -0.4 is 20.5 Å². The maximum absolute atomic E-state index is 13.2. The fourth-order valence-electron chi connectivity index (χ4n) is 3.92. The number of hydrogen-bond acceptors (Lipinski definition) is 3. The zero-order valence-corrected chi connectivity index (χ0v) is 16.1. The van der Waals surface area contributed by atoms with E-state index in [9.17, 15) is 4.79 Å². The van der Waals surface area contributed by atoms with Gasteiger partial charge in [-0.3, -0.25) is 4.79 Å². The van der Waals surface area contributed by atoms with E-state index in [-0.39, 0.29) is 12.7 Å². The zero-order valence-electron chi connectivity index (χ0n) is 16.1. The molecule has 0 atom stereocenters. The van der Waals surface area contributed by atoms with E-state index in [4.69, 9.17) is 15.2 Å². The van der Waals surface area contributed by atoms with Crippen LogP contribution in [0.15, 0.2) is 60.7 Å². The van der Waals surface area contributed by atoms with Gasteiger partial charge in [0.05, 0.1) is 11.1 Å². The van der Waals surface area contributed by atoms with Crippen LogP contribution >= 0.6 is 0 Å². The second-order valence-corrected chi connectivity index (χ2v) is 7.68. The lowest BCUT2D eigenvalue weighted by molar-refractivity contribution is -0.118. The van der Waals surface area contributed by atoms with Crippen LogP contribution in [0.5, 0.6) is 11.5 Å². The smallest absolute Gasteiger partial charge is 0.235 e. The van der Waals surface area contributed by atoms with Crippen LogP contribution in [0.4, 0.5) is 11.4 Å². The molecule has 3 aromatic rings. The van der Waals surface area contributed by atoms with Crippen molar-refractivity contribution < 1.29 is 14.3 Å². The van der Waals surface area contributed by atoms with Crippen molar-refractivity contribution in [3.8, 4) is 22.6 Å². The summed E-state index contributed by atoms with van der Waals surface area (Å²) in [6.45, 7) is 2.24. The monoisotopic (exact) mass is 385 g/mol. The molecule has 1 aliphatic carbocycles. The van der Waals surface area contributed by atoms with E-state index >= 15 is 0 Å². The molecule has 0 bridgehead atoms. The van der Waals surface area contributed by atoms with Gasteiger partial charge in [-0.05, 0) is 66.8 Å². The molecule has 1 saturated carbocycles. The number of anilines is 1. The number of fused-ring (bicyclic) bond motifs is 1. The van der Waals surface area contributed by atoms with Crippen LogP contribution in [-0.2, 0) is 10.2 Å². The number of hydrogen-bond donors (Lipinski definition) is 1. The van der Waals surface area contributed by atoms with E-state index in [0.29, 0.717) is 11.4 Å². The number of carbonyl (C=O) groups excluding carboxylic acids is 1. The van der Waals surface area contributed by atoms with E-state index in [1.807, 2.05) is 61.5 Å². The molecule has 5 nitrogen and oxygen atoms in total. The first-order valence-corrected chi connectivity index (χ1v) is 9.70. The van der Waals surface area contributed by atoms with Gasteiger partial charge in [0.1, 0.15) is 0 Å². The molecule has 2 N–H and O–H groups in total. The highest BCUT2D eigenvalue weighted by Crippen LogP contribution is 2.51. The second kappa shape index (κ2) is 6.55. The highest BCUT2D eigenvalue weighted by molar-refractivity contribution is 6.02. The summed E-state index contributed by atoms with van der Waals surface area (Å²) in [5.41, 5.74) is 12.7. The Labute approximate surface area is 169 Å². The summed E-state index contributed by atoms with van der Waals surface area (Å²) < 4.78 is 10.9. The molecule has 0 unspecified atom stereocenters. The number of nitrogens with one attached hydrogen (secondary N) is 2. The summed E-state index contributed by atoms with van der Waals surface area (Å²) in [4.78, 5) is 13.2. The Balaban J connectivity index is 1.43. The average Bonchev–Trinajstić information content (AvgIpc) is 3.41. The lowest BCUT2D eigenvalue weighted by Gasteiger charge is -2.17. The molecular weight excluding hydrogens is 364 g/mol. The molecular formula is C24H21N2O3. The Hall–Kier alpha value is -3.47. The number of benzene rings is 3. The van der Waals surface area contributed by atoms with Gasteiger partial charge in [-0.1, -0.05) is 30.3 Å². The SMILES string of the molecule is Cc1ccc(NC(=O)C2(c3ccc4c(c3)OCO4)CC2)cc1-c1ccccc1[NH]. The Morgan fingerprint density at radius 2 is 1.76 bits per heavy atom. The quantitative estimate of drug-likeness (QED) is 0.689. The van der Waals surface area contributed by atoms with Crippen LogP contribution in [-0.4, -0.2) is 12.7 Å². The Bertz CT molecular complexity index is 1120. The van der Waals surface area contributed by atoms with Crippen molar-refractivity contribution in [2.45, 2.75) is 25.2 Å². The summed E-state index contributed by atoms with van der Waals surface area (Å²) >= 11 is 0. The van der Waals surface area contributed by atoms with Crippen molar-refractivity contribution in [2.75, 3.05) is 12.1 Å². The van der Waals surface area contributed by atoms with Gasteiger partial charge in [-0.15, -0.1) is 0 Å². The molecule has 3 aromatic carbocycles. The second-order valence-electron chi connectivity index (χ2n) is 7.68. The minimum Gasteiger partial charge on any atom is -0.454 e. The Kier molecular flexibility index (Phi) is 3.98. The normalized spacial score (nSPS) is 15.8. The lowest BCUT2D eigenvalue weighted by Crippen LogP contribution is -2.27. The standard InChI is InChI=1S/C24H21N2O3/c1-15-6-8-17(13-19(15)18-4-2-3-5-20(18)25)26-23(27)24(10-11-24)16-7-9-21-22(12-16)29-14-28-21/h2-9,12-13,25H,10-11,14H2,1H3,(H,26,27). The van der Waals surface area contributed by atoms with Crippen molar-refractivity contribution in [3.05, 3.63) is 71.8 Å². The summed E-state index contributed by atoms with van der Waals surface area (Å²) in [7, 11) is 0. The number of rotatable bonds is 4. The largest absolute Gasteiger partial charge is 0.454 e. The van der Waals surface area contributed by atoms with Crippen molar-refractivity contribution in [1.82, 2.24) is 5.73 Å². The van der Waals surface area contributed by atoms with Gasteiger partial charge in [0.25, 0.3) is 0 Å². The van der Waals surface area contributed by atoms with Gasteiger partial charge in [-0.2, -0.15) is 0 Å². The maximum atomic E-state index is 13.2. The minimum absolute atomic E-state index is 0.00896. The summed E-state index contributed by atoms with van der Waals surface area (Å²) in [6, 6.07) is 19.1. The van der Waals surface area contributed by atoms with Gasteiger partial charge in [0.15, 0.2) is 11.5 Å². The number of aryl methyl sites for hydroxylation is 1. The van der Waals surface area contributed by atoms with E-state index in [1.54, 1.807) is 6.07 Å². The summed E-state index contributed by atoms with van der Waals surface area (Å²) in [6.07, 6.45) is 1.62. The maximum Gasteiger partial charge on any atom is 0.235 e. The van der Waals surface area contributed by atoms with E-state index in [1.165, 1.54) is 0 Å². The topological polar surface area (TPSA) is 71.4 Å². The Morgan fingerprint density at radius 3 is 2.55 bits per heavy atom. The molecule has 1 aliphatic heterocycles. The predicted molar refractivity (Wildman–Crippen MR) is 111 cm³/mol. The first kappa shape index (κ1) is 17.6. The van der Waals surface area contributed by atoms with Crippen molar-refractivity contribution in [3.63, 3.8) is 0 Å². The van der Waals surface area contributed by atoms with Crippen molar-refractivity contribution >= 4 is 17.3 Å². The first-order chi connectivity index (χ1) is 14.1.